The van der Waals surface area contributed by atoms with Crippen molar-refractivity contribution in [1.82, 2.24) is 0 Å². The Labute approximate surface area is 66.2 Å². The summed E-state index contributed by atoms with van der Waals surface area (Å²) in [6, 6.07) is 7.85. The molecule has 0 saturated carbocycles. The van der Waals surface area contributed by atoms with E-state index in [0.717, 1.165) is 10.5 Å². The van der Waals surface area contributed by atoms with Crippen LogP contribution < -0.4 is 0 Å². The summed E-state index contributed by atoms with van der Waals surface area (Å²) < 4.78 is 0. The van der Waals surface area contributed by atoms with Gasteiger partial charge >= 0.3 is 0 Å². The van der Waals surface area contributed by atoms with E-state index in [9.17, 15) is 0 Å². The van der Waals surface area contributed by atoms with Gasteiger partial charge in [-0.3, -0.25) is 4.99 Å². The van der Waals surface area contributed by atoms with E-state index in [4.69, 9.17) is 0 Å². The predicted octanol–water partition coefficient (Wildman–Crippen LogP) is 2.02. The summed E-state index contributed by atoms with van der Waals surface area (Å²) in [4.78, 5) is 4.86. The number of benzene rings is 1. The molecule has 0 N–H and O–H groups in total. The minimum Gasteiger partial charge on any atom is -0.296 e. The van der Waals surface area contributed by atoms with Crippen molar-refractivity contribution in [2.75, 3.05) is 7.05 Å². The Morgan fingerprint density at radius 2 is 2.10 bits per heavy atom. The molecule has 2 heteroatoms. The van der Waals surface area contributed by atoms with E-state index < -0.39 is 0 Å². The van der Waals surface area contributed by atoms with Crippen molar-refractivity contribution in [3.8, 4) is 0 Å². The maximum atomic E-state index is 4.24. The van der Waals surface area contributed by atoms with Crippen molar-refractivity contribution >= 4 is 18.8 Å². The molecule has 1 aromatic carbocycles. The van der Waals surface area contributed by atoms with Crippen molar-refractivity contribution in [1.29, 1.82) is 0 Å². The third-order valence-corrected chi connectivity index (χ3v) is 1.61. The number of hydrogen-bond acceptors (Lipinski definition) is 2. The summed E-state index contributed by atoms with van der Waals surface area (Å²) >= 11 is 4.24. The molecule has 1 aromatic rings. The second-order valence-electron chi connectivity index (χ2n) is 1.95. The number of hydrogen-bond donors (Lipinski definition) is 1. The Hall–Kier alpha value is -0.760. The van der Waals surface area contributed by atoms with Gasteiger partial charge in [0.05, 0.1) is 0 Å². The number of rotatable bonds is 1. The quantitative estimate of drug-likeness (QED) is 0.466. The zero-order chi connectivity index (χ0) is 7.40. The largest absolute Gasteiger partial charge is 0.296 e. The molecular formula is C8H9NS. The van der Waals surface area contributed by atoms with Crippen LogP contribution in [-0.4, -0.2) is 13.3 Å². The van der Waals surface area contributed by atoms with Crippen molar-refractivity contribution in [2.45, 2.75) is 4.90 Å². The topological polar surface area (TPSA) is 12.4 Å². The second kappa shape index (κ2) is 3.42. The van der Waals surface area contributed by atoms with Crippen LogP contribution in [0, 0.1) is 0 Å². The molecule has 0 saturated heterocycles. The lowest BCUT2D eigenvalue weighted by molar-refractivity contribution is 1.40. The molecule has 1 nitrogen and oxygen atoms in total. The van der Waals surface area contributed by atoms with Gasteiger partial charge in [-0.25, -0.2) is 0 Å². The summed E-state index contributed by atoms with van der Waals surface area (Å²) in [6.07, 6.45) is 1.79. The first-order valence-corrected chi connectivity index (χ1v) is 3.49. The molecule has 0 aliphatic rings. The normalized spacial score (nSPS) is 10.6. The zero-order valence-corrected chi connectivity index (χ0v) is 6.68. The lowest BCUT2D eigenvalue weighted by atomic mass is 10.2. The van der Waals surface area contributed by atoms with Crippen LogP contribution in [-0.2, 0) is 0 Å². The maximum absolute atomic E-state index is 4.24. The summed E-state index contributed by atoms with van der Waals surface area (Å²) in [5.74, 6) is 0. The van der Waals surface area contributed by atoms with E-state index in [-0.39, 0.29) is 0 Å². The molecule has 0 radical (unpaired) electrons. The molecule has 0 bridgehead atoms. The average molecular weight is 151 g/mol. The van der Waals surface area contributed by atoms with E-state index in [2.05, 4.69) is 17.6 Å². The smallest absolute Gasteiger partial charge is 0.0292 e. The summed E-state index contributed by atoms with van der Waals surface area (Å²) in [5, 5.41) is 0. The SMILES string of the molecule is C/N=C\c1ccccc1S. The molecule has 0 heterocycles. The highest BCUT2D eigenvalue weighted by Crippen LogP contribution is 2.09. The van der Waals surface area contributed by atoms with E-state index in [1.807, 2.05) is 24.3 Å². The molecule has 0 amide bonds. The van der Waals surface area contributed by atoms with Crippen LogP contribution in [0.15, 0.2) is 34.2 Å². The summed E-state index contributed by atoms with van der Waals surface area (Å²) in [5.41, 5.74) is 1.06. The van der Waals surface area contributed by atoms with Crippen LogP contribution in [0.25, 0.3) is 0 Å². The predicted molar refractivity (Wildman–Crippen MR) is 47.2 cm³/mol. The highest BCUT2D eigenvalue weighted by molar-refractivity contribution is 7.80. The monoisotopic (exact) mass is 151 g/mol. The van der Waals surface area contributed by atoms with Gasteiger partial charge < -0.3 is 0 Å². The highest BCUT2D eigenvalue weighted by atomic mass is 32.1. The van der Waals surface area contributed by atoms with Gasteiger partial charge in [-0.15, -0.1) is 12.6 Å². The second-order valence-corrected chi connectivity index (χ2v) is 2.43. The van der Waals surface area contributed by atoms with E-state index in [1.165, 1.54) is 0 Å². The number of thiol groups is 1. The van der Waals surface area contributed by atoms with Crippen LogP contribution in [0.1, 0.15) is 5.56 Å². The molecule has 0 atom stereocenters. The van der Waals surface area contributed by atoms with Gasteiger partial charge in [-0.05, 0) is 6.07 Å². The standard InChI is InChI=1S/C8H9NS/c1-9-6-7-4-2-3-5-8(7)10/h2-6,10H,1H3/b9-6-. The van der Waals surface area contributed by atoms with Crippen LogP contribution >= 0.6 is 12.6 Å². The highest BCUT2D eigenvalue weighted by Gasteiger charge is 1.89. The van der Waals surface area contributed by atoms with Gasteiger partial charge in [0.25, 0.3) is 0 Å². The third-order valence-electron chi connectivity index (χ3n) is 1.20. The van der Waals surface area contributed by atoms with Crippen LogP contribution in [0.4, 0.5) is 0 Å². The van der Waals surface area contributed by atoms with Gasteiger partial charge in [-0.1, -0.05) is 18.2 Å². The van der Waals surface area contributed by atoms with Crippen LogP contribution in [0.5, 0.6) is 0 Å². The van der Waals surface area contributed by atoms with Crippen molar-refractivity contribution < 1.29 is 0 Å². The Bertz CT molecular complexity index is 243. The first-order chi connectivity index (χ1) is 4.84. The Kier molecular flexibility index (Phi) is 2.51. The van der Waals surface area contributed by atoms with Gasteiger partial charge in [-0.2, -0.15) is 0 Å². The fourth-order valence-corrected chi connectivity index (χ4v) is 0.954. The molecular weight excluding hydrogens is 142 g/mol. The molecule has 0 unspecified atom stereocenters. The molecule has 52 valence electrons. The molecule has 0 aliphatic carbocycles. The number of nitrogens with zero attached hydrogens (tertiary/aromatic N) is 1. The first kappa shape index (κ1) is 7.35. The Balaban J connectivity index is 3.03. The van der Waals surface area contributed by atoms with E-state index in [0.29, 0.717) is 0 Å². The molecule has 10 heavy (non-hydrogen) atoms. The minimum absolute atomic E-state index is 0.966. The van der Waals surface area contributed by atoms with Gasteiger partial charge in [0.15, 0.2) is 0 Å². The van der Waals surface area contributed by atoms with Gasteiger partial charge in [0.1, 0.15) is 0 Å². The van der Waals surface area contributed by atoms with Crippen molar-refractivity contribution in [3.63, 3.8) is 0 Å². The fraction of sp³-hybridized carbons (Fsp3) is 0.125. The van der Waals surface area contributed by atoms with Gasteiger partial charge in [0.2, 0.25) is 0 Å². The fourth-order valence-electron chi connectivity index (χ4n) is 0.736. The average Bonchev–Trinajstić information content (AvgIpc) is 1.94. The van der Waals surface area contributed by atoms with Crippen LogP contribution in [0.2, 0.25) is 0 Å². The van der Waals surface area contributed by atoms with Gasteiger partial charge in [0, 0.05) is 23.7 Å². The molecule has 0 aromatic heterocycles. The van der Waals surface area contributed by atoms with E-state index >= 15 is 0 Å². The van der Waals surface area contributed by atoms with Crippen molar-refractivity contribution in [3.05, 3.63) is 29.8 Å². The lowest BCUT2D eigenvalue weighted by Gasteiger charge is -1.94. The first-order valence-electron chi connectivity index (χ1n) is 3.05. The Morgan fingerprint density at radius 1 is 1.40 bits per heavy atom. The van der Waals surface area contributed by atoms with E-state index in [1.54, 1.807) is 13.3 Å². The molecule has 1 rings (SSSR count). The van der Waals surface area contributed by atoms with Crippen LogP contribution in [0.3, 0.4) is 0 Å². The molecule has 0 aliphatic heterocycles. The minimum atomic E-state index is 0.966. The Morgan fingerprint density at radius 3 is 2.70 bits per heavy atom. The van der Waals surface area contributed by atoms with Crippen molar-refractivity contribution in [2.24, 2.45) is 4.99 Å². The molecule has 0 fully saturated rings. The number of aliphatic imine (C=N–C) groups is 1. The summed E-state index contributed by atoms with van der Waals surface area (Å²) in [7, 11) is 1.75. The molecule has 0 spiro atoms. The lowest BCUT2D eigenvalue weighted by Crippen LogP contribution is -1.80. The third kappa shape index (κ3) is 1.61. The zero-order valence-electron chi connectivity index (χ0n) is 5.78. The summed E-state index contributed by atoms with van der Waals surface area (Å²) in [6.45, 7) is 0. The maximum Gasteiger partial charge on any atom is 0.0292 e.